The molecule has 0 fully saturated rings. The first-order chi connectivity index (χ1) is 10.1. The van der Waals surface area contributed by atoms with Crippen LogP contribution in [-0.4, -0.2) is 18.1 Å². The van der Waals surface area contributed by atoms with Gasteiger partial charge in [-0.2, -0.15) is 0 Å². The van der Waals surface area contributed by atoms with E-state index in [9.17, 15) is 4.39 Å². The molecule has 0 N–H and O–H groups in total. The molecule has 0 radical (unpaired) electrons. The maximum absolute atomic E-state index is 14.3. The second-order valence-corrected chi connectivity index (χ2v) is 4.91. The molecule has 0 saturated heterocycles. The van der Waals surface area contributed by atoms with Gasteiger partial charge in [0.2, 0.25) is 0 Å². The van der Waals surface area contributed by atoms with Gasteiger partial charge in [-0.05, 0) is 31.2 Å². The maximum Gasteiger partial charge on any atom is 0.136 e. The molecule has 0 bridgehead atoms. The molecule has 0 aromatic heterocycles. The summed E-state index contributed by atoms with van der Waals surface area (Å²) in [5, 5.41) is 0.562. The molecule has 21 heavy (non-hydrogen) atoms. The fourth-order valence-corrected chi connectivity index (χ4v) is 2.32. The molecule has 2 nitrogen and oxygen atoms in total. The summed E-state index contributed by atoms with van der Waals surface area (Å²) in [4.78, 5) is 1.88. The lowest BCUT2D eigenvalue weighted by atomic mass is 10.1. The van der Waals surface area contributed by atoms with E-state index in [0.29, 0.717) is 35.2 Å². The van der Waals surface area contributed by atoms with Crippen molar-refractivity contribution in [3.05, 3.63) is 71.7 Å². The predicted molar refractivity (Wildman–Crippen MR) is 85.5 cm³/mol. The molecule has 1 aliphatic heterocycles. The van der Waals surface area contributed by atoms with Gasteiger partial charge < -0.3 is 9.64 Å². The van der Waals surface area contributed by atoms with E-state index in [1.807, 2.05) is 11.8 Å². The summed E-state index contributed by atoms with van der Waals surface area (Å²) in [5.74, 6) is 0.128. The first kappa shape index (κ1) is 15.4. The fourth-order valence-electron chi connectivity index (χ4n) is 2.16. The predicted octanol–water partition coefficient (Wildman–Crippen LogP) is 4.70. The summed E-state index contributed by atoms with van der Waals surface area (Å²) in [6.45, 7) is 10.5. The highest BCUT2D eigenvalue weighted by atomic mass is 35.5. The van der Waals surface area contributed by atoms with Crippen molar-refractivity contribution < 1.29 is 9.13 Å². The zero-order valence-electron chi connectivity index (χ0n) is 11.9. The summed E-state index contributed by atoms with van der Waals surface area (Å²) in [6.07, 6.45) is 5.14. The van der Waals surface area contributed by atoms with Crippen molar-refractivity contribution in [2.45, 2.75) is 6.92 Å². The smallest absolute Gasteiger partial charge is 0.136 e. The Bertz CT molecular complexity index is 634. The van der Waals surface area contributed by atoms with Crippen LogP contribution in [0.4, 0.5) is 4.39 Å². The standard InChI is InChI=1S/C17H17ClFNO/c1-4-10-21-13-6-7-14(16(19)11-13)17-9-8-15(18)12(3)20(17)5-2/h4,6-9,11H,1,3,5,10H2,2H3. The van der Waals surface area contributed by atoms with Gasteiger partial charge in [0.25, 0.3) is 0 Å². The number of likely N-dealkylation sites (N-methyl/N-ethyl adjacent to an activating group) is 1. The fraction of sp³-hybridized carbons (Fsp3) is 0.176. The molecule has 1 aromatic carbocycles. The van der Waals surface area contributed by atoms with Crippen molar-refractivity contribution in [2.24, 2.45) is 0 Å². The van der Waals surface area contributed by atoms with Crippen LogP contribution in [0.15, 0.2) is 60.3 Å². The van der Waals surface area contributed by atoms with E-state index >= 15 is 0 Å². The van der Waals surface area contributed by atoms with Crippen LogP contribution >= 0.6 is 11.6 Å². The van der Waals surface area contributed by atoms with E-state index in [-0.39, 0.29) is 5.82 Å². The summed E-state index contributed by atoms with van der Waals surface area (Å²) in [7, 11) is 0. The molecule has 1 aliphatic rings. The van der Waals surface area contributed by atoms with E-state index in [0.717, 1.165) is 5.70 Å². The number of halogens is 2. The van der Waals surface area contributed by atoms with Gasteiger partial charge in [0.1, 0.15) is 18.2 Å². The van der Waals surface area contributed by atoms with Gasteiger partial charge >= 0.3 is 0 Å². The third kappa shape index (κ3) is 3.19. The summed E-state index contributed by atoms with van der Waals surface area (Å²) >= 11 is 6.07. The van der Waals surface area contributed by atoms with E-state index in [2.05, 4.69) is 13.2 Å². The molecule has 0 atom stereocenters. The Balaban J connectivity index is 2.37. The maximum atomic E-state index is 14.3. The van der Waals surface area contributed by atoms with Gasteiger partial charge in [0.15, 0.2) is 0 Å². The SMILES string of the molecule is C=CCOc1ccc(C2=CC=C(Cl)C(=C)N2CC)c(F)c1. The molecule has 110 valence electrons. The van der Waals surface area contributed by atoms with Crippen LogP contribution in [0.2, 0.25) is 0 Å². The number of hydrogen-bond acceptors (Lipinski definition) is 2. The molecule has 1 heterocycles. The van der Waals surface area contributed by atoms with Crippen LogP contribution in [0.25, 0.3) is 5.70 Å². The van der Waals surface area contributed by atoms with Crippen molar-refractivity contribution >= 4 is 17.3 Å². The van der Waals surface area contributed by atoms with E-state index in [1.165, 1.54) is 6.07 Å². The number of hydrogen-bond donors (Lipinski definition) is 0. The largest absolute Gasteiger partial charge is 0.489 e. The lowest BCUT2D eigenvalue weighted by Crippen LogP contribution is -2.23. The highest BCUT2D eigenvalue weighted by molar-refractivity contribution is 6.32. The van der Waals surface area contributed by atoms with Gasteiger partial charge in [0, 0.05) is 18.2 Å². The van der Waals surface area contributed by atoms with Crippen molar-refractivity contribution in [3.8, 4) is 5.75 Å². The lowest BCUT2D eigenvalue weighted by Gasteiger charge is -2.30. The normalized spacial score (nSPS) is 14.6. The first-order valence-corrected chi connectivity index (χ1v) is 7.04. The average molecular weight is 306 g/mol. The molecule has 0 unspecified atom stereocenters. The number of benzene rings is 1. The molecule has 0 aliphatic carbocycles. The lowest BCUT2D eigenvalue weighted by molar-refractivity contribution is 0.360. The van der Waals surface area contributed by atoms with Gasteiger partial charge in [-0.1, -0.05) is 30.8 Å². The zero-order chi connectivity index (χ0) is 15.4. The van der Waals surface area contributed by atoms with Crippen LogP contribution in [0, 0.1) is 5.82 Å². The number of rotatable bonds is 5. The molecule has 0 amide bonds. The Labute approximate surface area is 129 Å². The minimum absolute atomic E-state index is 0.345. The molecule has 4 heteroatoms. The topological polar surface area (TPSA) is 12.5 Å². The van der Waals surface area contributed by atoms with E-state index < -0.39 is 0 Å². The molecule has 0 saturated carbocycles. The van der Waals surface area contributed by atoms with Crippen LogP contribution in [-0.2, 0) is 0 Å². The average Bonchev–Trinajstić information content (AvgIpc) is 2.48. The third-order valence-corrected chi connectivity index (χ3v) is 3.52. The second kappa shape index (κ2) is 6.64. The Hall–Kier alpha value is -2.00. The van der Waals surface area contributed by atoms with Crippen molar-refractivity contribution in [2.75, 3.05) is 13.2 Å². The van der Waals surface area contributed by atoms with Gasteiger partial charge in [-0.25, -0.2) is 4.39 Å². The molecule has 2 rings (SSSR count). The number of allylic oxidation sites excluding steroid dienone is 3. The van der Waals surface area contributed by atoms with Gasteiger partial charge in [-0.15, -0.1) is 0 Å². The second-order valence-electron chi connectivity index (χ2n) is 4.50. The number of nitrogens with zero attached hydrogens (tertiary/aromatic N) is 1. The molecular formula is C17H17ClFNO. The van der Waals surface area contributed by atoms with Crippen LogP contribution in [0.3, 0.4) is 0 Å². The zero-order valence-corrected chi connectivity index (χ0v) is 12.7. The molecule has 1 aromatic rings. The van der Waals surface area contributed by atoms with Crippen molar-refractivity contribution in [3.63, 3.8) is 0 Å². The number of ether oxygens (including phenoxy) is 1. The van der Waals surface area contributed by atoms with Gasteiger partial charge in [0.05, 0.1) is 16.4 Å². The Morgan fingerprint density at radius 2 is 2.14 bits per heavy atom. The van der Waals surface area contributed by atoms with Crippen LogP contribution in [0.1, 0.15) is 12.5 Å². The Kier molecular flexibility index (Phi) is 4.86. The quantitative estimate of drug-likeness (QED) is 0.731. The highest BCUT2D eigenvalue weighted by Crippen LogP contribution is 2.34. The minimum atomic E-state index is -0.347. The third-order valence-electron chi connectivity index (χ3n) is 3.18. The van der Waals surface area contributed by atoms with Crippen LogP contribution < -0.4 is 4.74 Å². The first-order valence-electron chi connectivity index (χ1n) is 6.66. The molecule has 0 spiro atoms. The highest BCUT2D eigenvalue weighted by Gasteiger charge is 2.21. The summed E-state index contributed by atoms with van der Waals surface area (Å²) in [5.41, 5.74) is 1.90. The Morgan fingerprint density at radius 1 is 1.38 bits per heavy atom. The van der Waals surface area contributed by atoms with E-state index in [4.69, 9.17) is 16.3 Å². The molecular weight excluding hydrogens is 289 g/mol. The van der Waals surface area contributed by atoms with Crippen molar-refractivity contribution in [1.82, 2.24) is 4.90 Å². The van der Waals surface area contributed by atoms with Crippen LogP contribution in [0.5, 0.6) is 5.75 Å². The summed E-state index contributed by atoms with van der Waals surface area (Å²) < 4.78 is 19.7. The van der Waals surface area contributed by atoms with E-state index in [1.54, 1.807) is 30.4 Å². The van der Waals surface area contributed by atoms with Gasteiger partial charge in [-0.3, -0.25) is 0 Å². The Morgan fingerprint density at radius 3 is 2.76 bits per heavy atom. The minimum Gasteiger partial charge on any atom is -0.489 e. The monoisotopic (exact) mass is 305 g/mol. The van der Waals surface area contributed by atoms with Crippen molar-refractivity contribution in [1.29, 1.82) is 0 Å². The summed E-state index contributed by atoms with van der Waals surface area (Å²) in [6, 6.07) is 4.80.